The fraction of sp³-hybridized carbons (Fsp3) is 0.333. The minimum atomic E-state index is -3.97. The normalized spacial score (nSPS) is 16.2. The molecule has 0 radical (unpaired) electrons. The highest BCUT2D eigenvalue weighted by Gasteiger charge is 2.36. The summed E-state index contributed by atoms with van der Waals surface area (Å²) >= 11 is 0. The summed E-state index contributed by atoms with van der Waals surface area (Å²) in [6.07, 6.45) is 3.39. The first-order chi connectivity index (χ1) is 17.7. The van der Waals surface area contributed by atoms with E-state index in [1.807, 2.05) is 37.3 Å². The number of benzene rings is 2. The van der Waals surface area contributed by atoms with E-state index in [9.17, 15) is 22.0 Å². The molecule has 1 atom stereocenters. The molecule has 1 aromatic heterocycles. The Bertz CT molecular complexity index is 1380. The quantitative estimate of drug-likeness (QED) is 0.455. The van der Waals surface area contributed by atoms with Gasteiger partial charge in [0.25, 0.3) is 0 Å². The first kappa shape index (κ1) is 26.7. The molecule has 10 heteroatoms. The summed E-state index contributed by atoms with van der Waals surface area (Å²) < 4.78 is 60.5. The molecule has 0 aliphatic carbocycles. The van der Waals surface area contributed by atoms with Gasteiger partial charge in [0.15, 0.2) is 10.7 Å². The highest BCUT2D eigenvalue weighted by atomic mass is 32.2. The zero-order valence-electron chi connectivity index (χ0n) is 20.7. The molecular weight excluding hydrogens is 500 g/mol. The number of carbonyl (C=O) groups excluding carboxylic acids is 1. The number of hydrogen-bond acceptors (Lipinski definition) is 5. The van der Waals surface area contributed by atoms with Gasteiger partial charge in [-0.3, -0.25) is 4.79 Å². The first-order valence-electron chi connectivity index (χ1n) is 12.1. The van der Waals surface area contributed by atoms with Crippen LogP contribution >= 0.6 is 0 Å². The fourth-order valence-electron chi connectivity index (χ4n) is 4.39. The maximum absolute atomic E-state index is 14.0. The maximum atomic E-state index is 14.0. The molecule has 37 heavy (non-hydrogen) atoms. The Morgan fingerprint density at radius 2 is 1.86 bits per heavy atom. The van der Waals surface area contributed by atoms with Crippen LogP contribution in [-0.4, -0.2) is 43.4 Å². The number of rotatable bonds is 8. The summed E-state index contributed by atoms with van der Waals surface area (Å²) in [4.78, 5) is 12.6. The molecule has 7 nitrogen and oxygen atoms in total. The van der Waals surface area contributed by atoms with E-state index in [2.05, 4.69) is 10.5 Å². The number of aromatic nitrogens is 1. The van der Waals surface area contributed by atoms with Crippen molar-refractivity contribution in [1.29, 1.82) is 0 Å². The second-order valence-electron chi connectivity index (χ2n) is 9.20. The molecule has 2 aromatic carbocycles. The van der Waals surface area contributed by atoms with Crippen molar-refractivity contribution in [3.8, 4) is 0 Å². The Hall–Kier alpha value is -3.37. The van der Waals surface area contributed by atoms with Gasteiger partial charge in [-0.25, -0.2) is 17.2 Å². The number of piperidine rings is 1. The van der Waals surface area contributed by atoms with Crippen molar-refractivity contribution in [2.45, 2.75) is 37.5 Å². The minimum Gasteiger partial charge on any atom is -0.355 e. The van der Waals surface area contributed by atoms with Crippen molar-refractivity contribution in [3.05, 3.63) is 82.7 Å². The van der Waals surface area contributed by atoms with Gasteiger partial charge in [-0.2, -0.15) is 4.31 Å². The van der Waals surface area contributed by atoms with Crippen LogP contribution < -0.4 is 5.32 Å². The van der Waals surface area contributed by atoms with Crippen LogP contribution in [0.15, 0.2) is 57.9 Å². The molecule has 0 bridgehead atoms. The molecule has 1 aliphatic heterocycles. The molecular formula is C27H29F2N3O4S. The van der Waals surface area contributed by atoms with E-state index in [4.69, 9.17) is 4.52 Å². The van der Waals surface area contributed by atoms with Gasteiger partial charge in [-0.1, -0.05) is 42.4 Å². The predicted molar refractivity (Wildman–Crippen MR) is 136 cm³/mol. The van der Waals surface area contributed by atoms with Gasteiger partial charge in [-0.05, 0) is 55.5 Å². The molecule has 1 aliphatic rings. The second kappa shape index (κ2) is 11.4. The molecule has 2 heterocycles. The Morgan fingerprint density at radius 1 is 1.16 bits per heavy atom. The van der Waals surface area contributed by atoms with Gasteiger partial charge < -0.3 is 9.84 Å². The van der Waals surface area contributed by atoms with E-state index in [0.717, 1.165) is 17.7 Å². The van der Waals surface area contributed by atoms with Crippen LogP contribution in [0.5, 0.6) is 0 Å². The summed E-state index contributed by atoms with van der Waals surface area (Å²) in [5.74, 6) is -1.73. The van der Waals surface area contributed by atoms with Gasteiger partial charge in [0, 0.05) is 37.2 Å². The van der Waals surface area contributed by atoms with E-state index in [-0.39, 0.29) is 52.7 Å². The highest BCUT2D eigenvalue weighted by molar-refractivity contribution is 7.89. The van der Waals surface area contributed by atoms with Gasteiger partial charge >= 0.3 is 0 Å². The Labute approximate surface area is 215 Å². The number of carbonyl (C=O) groups is 1. The number of halogens is 2. The minimum absolute atomic E-state index is 0.0454. The number of amides is 1. The first-order valence-corrected chi connectivity index (χ1v) is 13.5. The monoisotopic (exact) mass is 529 g/mol. The molecule has 0 spiro atoms. The van der Waals surface area contributed by atoms with Crippen molar-refractivity contribution >= 4 is 28.1 Å². The third kappa shape index (κ3) is 6.14. The number of sulfonamides is 1. The number of nitrogens with one attached hydrogen (secondary N) is 1. The average molecular weight is 530 g/mol. The van der Waals surface area contributed by atoms with Crippen LogP contribution in [-0.2, 0) is 14.8 Å². The van der Waals surface area contributed by atoms with Crippen molar-refractivity contribution < 1.29 is 26.5 Å². The number of hydrogen-bond donors (Lipinski definition) is 1. The van der Waals surface area contributed by atoms with E-state index in [0.29, 0.717) is 19.4 Å². The summed E-state index contributed by atoms with van der Waals surface area (Å²) in [6.45, 7) is 4.42. The molecule has 4 rings (SSSR count). The Balaban J connectivity index is 1.39. The summed E-state index contributed by atoms with van der Waals surface area (Å²) in [5, 5.41) is 6.78. The third-order valence-corrected chi connectivity index (χ3v) is 8.64. The molecule has 1 amide bonds. The van der Waals surface area contributed by atoms with Crippen LogP contribution in [0.1, 0.15) is 48.3 Å². The van der Waals surface area contributed by atoms with E-state index in [1.54, 1.807) is 0 Å². The molecule has 0 unspecified atom stereocenters. The average Bonchev–Trinajstić information content (AvgIpc) is 3.28. The van der Waals surface area contributed by atoms with Crippen molar-refractivity contribution in [3.63, 3.8) is 0 Å². The molecule has 1 N–H and O–H groups in total. The fourth-order valence-corrected chi connectivity index (χ4v) is 6.11. The highest BCUT2D eigenvalue weighted by Crippen LogP contribution is 2.29. The third-order valence-electron chi connectivity index (χ3n) is 6.58. The van der Waals surface area contributed by atoms with Gasteiger partial charge in [-0.15, -0.1) is 0 Å². The van der Waals surface area contributed by atoms with Crippen molar-refractivity contribution in [2.75, 3.05) is 19.6 Å². The van der Waals surface area contributed by atoms with Crippen molar-refractivity contribution in [1.82, 2.24) is 14.8 Å². The van der Waals surface area contributed by atoms with E-state index >= 15 is 0 Å². The number of aryl methyl sites for hydroxylation is 1. The topological polar surface area (TPSA) is 92.5 Å². The van der Waals surface area contributed by atoms with Crippen LogP contribution in [0.2, 0.25) is 0 Å². The standard InChI is InChI=1S/C27H29F2N3O4S/c1-18(20-6-4-3-5-7-20)17-30-27(33)22-12-14-32(15-13-22)37(34,35)26-19(2)31-36-25(26)11-9-21-8-10-23(28)16-24(21)29/h3-11,16,18,22H,12-15,17H2,1-2H3,(H,30,33)/b11-9+/t18-/m0/s1. The van der Waals surface area contributed by atoms with Crippen molar-refractivity contribution in [2.24, 2.45) is 5.92 Å². The largest absolute Gasteiger partial charge is 0.355 e. The van der Waals surface area contributed by atoms with Crippen LogP contribution in [0.25, 0.3) is 12.2 Å². The lowest BCUT2D eigenvalue weighted by atomic mass is 9.96. The van der Waals surface area contributed by atoms with E-state index in [1.165, 1.54) is 29.4 Å². The summed E-state index contributed by atoms with van der Waals surface area (Å²) in [6, 6.07) is 13.0. The molecule has 0 saturated carbocycles. The molecule has 1 fully saturated rings. The lowest BCUT2D eigenvalue weighted by Crippen LogP contribution is -2.43. The zero-order chi connectivity index (χ0) is 26.6. The second-order valence-corrected chi connectivity index (χ2v) is 11.1. The Morgan fingerprint density at radius 3 is 2.54 bits per heavy atom. The van der Waals surface area contributed by atoms with Crippen LogP contribution in [0.4, 0.5) is 8.78 Å². The maximum Gasteiger partial charge on any atom is 0.248 e. The zero-order valence-corrected chi connectivity index (χ0v) is 21.5. The molecule has 196 valence electrons. The molecule has 3 aromatic rings. The summed E-state index contributed by atoms with van der Waals surface area (Å²) in [5.41, 5.74) is 1.39. The van der Waals surface area contributed by atoms with E-state index < -0.39 is 21.7 Å². The lowest BCUT2D eigenvalue weighted by Gasteiger charge is -2.30. The van der Waals surface area contributed by atoms with Crippen LogP contribution in [0.3, 0.4) is 0 Å². The van der Waals surface area contributed by atoms with Gasteiger partial charge in [0.2, 0.25) is 15.9 Å². The molecule has 1 saturated heterocycles. The number of nitrogens with zero attached hydrogens (tertiary/aromatic N) is 2. The van der Waals surface area contributed by atoms with Crippen LogP contribution in [0, 0.1) is 24.5 Å². The lowest BCUT2D eigenvalue weighted by molar-refractivity contribution is -0.126. The Kier molecular flexibility index (Phi) is 8.19. The predicted octanol–water partition coefficient (Wildman–Crippen LogP) is 4.75. The smallest absolute Gasteiger partial charge is 0.248 e. The van der Waals surface area contributed by atoms with Gasteiger partial charge in [0.05, 0.1) is 0 Å². The summed E-state index contributed by atoms with van der Waals surface area (Å²) in [7, 11) is -3.97. The van der Waals surface area contributed by atoms with Gasteiger partial charge in [0.1, 0.15) is 17.3 Å². The SMILES string of the molecule is Cc1noc(/C=C/c2ccc(F)cc2F)c1S(=O)(=O)N1CCC(C(=O)NC[C@H](C)c2ccccc2)CC1.